The normalized spacial score (nSPS) is 18.1. The molecule has 120 valence electrons. The third kappa shape index (κ3) is 2.03. The molecule has 1 fully saturated rings. The molecule has 1 unspecified atom stereocenters. The third-order valence-corrected chi connectivity index (χ3v) is 4.28. The summed E-state index contributed by atoms with van der Waals surface area (Å²) in [5, 5.41) is 14.8. The van der Waals surface area contributed by atoms with Crippen LogP contribution in [0.1, 0.15) is 18.9 Å². The minimum atomic E-state index is -0.570. The van der Waals surface area contributed by atoms with E-state index in [1.54, 1.807) is 22.9 Å². The average molecular weight is 324 g/mol. The SMILES string of the molecule is O=C1CCC(n2c3ccc([N+](=O)[O-])cc3c3cccnc32)C(=O)N1. The first-order chi connectivity index (χ1) is 11.6. The molecule has 0 aliphatic carbocycles. The number of hydrogen-bond acceptors (Lipinski definition) is 5. The van der Waals surface area contributed by atoms with Gasteiger partial charge in [-0.3, -0.25) is 25.0 Å². The number of rotatable bonds is 2. The number of nitrogens with zero attached hydrogens (tertiary/aromatic N) is 3. The highest BCUT2D eigenvalue weighted by Crippen LogP contribution is 2.34. The third-order valence-electron chi connectivity index (χ3n) is 4.28. The van der Waals surface area contributed by atoms with Crippen LogP contribution in [0.15, 0.2) is 36.5 Å². The van der Waals surface area contributed by atoms with Gasteiger partial charge in [0.1, 0.15) is 11.7 Å². The summed E-state index contributed by atoms with van der Waals surface area (Å²) in [5.74, 6) is -0.672. The van der Waals surface area contributed by atoms with Crippen molar-refractivity contribution >= 4 is 39.4 Å². The predicted molar refractivity (Wildman–Crippen MR) is 85.3 cm³/mol. The fourth-order valence-corrected chi connectivity index (χ4v) is 3.22. The van der Waals surface area contributed by atoms with E-state index in [2.05, 4.69) is 10.3 Å². The molecule has 3 heterocycles. The van der Waals surface area contributed by atoms with E-state index in [0.29, 0.717) is 23.0 Å². The van der Waals surface area contributed by atoms with Crippen molar-refractivity contribution in [2.24, 2.45) is 0 Å². The number of pyridine rings is 1. The number of nitro groups is 1. The Labute approximate surface area is 135 Å². The van der Waals surface area contributed by atoms with Crippen LogP contribution in [0.5, 0.6) is 0 Å². The van der Waals surface area contributed by atoms with Crippen LogP contribution in [0.25, 0.3) is 21.9 Å². The molecule has 1 saturated heterocycles. The second-order valence-electron chi connectivity index (χ2n) is 5.67. The Morgan fingerprint density at radius 3 is 2.83 bits per heavy atom. The van der Waals surface area contributed by atoms with Gasteiger partial charge in [0.05, 0.1) is 10.4 Å². The van der Waals surface area contributed by atoms with Gasteiger partial charge in [-0.15, -0.1) is 0 Å². The molecular weight excluding hydrogens is 312 g/mol. The van der Waals surface area contributed by atoms with Gasteiger partial charge in [-0.2, -0.15) is 0 Å². The molecule has 24 heavy (non-hydrogen) atoms. The molecular formula is C16H12N4O4. The maximum Gasteiger partial charge on any atom is 0.270 e. The van der Waals surface area contributed by atoms with Crippen LogP contribution in [0.3, 0.4) is 0 Å². The lowest BCUT2D eigenvalue weighted by Crippen LogP contribution is -2.41. The summed E-state index contributed by atoms with van der Waals surface area (Å²) >= 11 is 0. The lowest BCUT2D eigenvalue weighted by molar-refractivity contribution is -0.384. The molecule has 0 radical (unpaired) electrons. The van der Waals surface area contributed by atoms with Crippen LogP contribution < -0.4 is 5.32 Å². The molecule has 8 heteroatoms. The number of imide groups is 1. The smallest absolute Gasteiger partial charge is 0.270 e. The lowest BCUT2D eigenvalue weighted by Gasteiger charge is -2.23. The minimum Gasteiger partial charge on any atom is -0.313 e. The van der Waals surface area contributed by atoms with Gasteiger partial charge in [0.2, 0.25) is 11.8 Å². The largest absolute Gasteiger partial charge is 0.313 e. The van der Waals surface area contributed by atoms with Gasteiger partial charge in [-0.05, 0) is 24.6 Å². The van der Waals surface area contributed by atoms with Crippen LogP contribution in [0.4, 0.5) is 5.69 Å². The van der Waals surface area contributed by atoms with E-state index in [9.17, 15) is 19.7 Å². The van der Waals surface area contributed by atoms with Crippen molar-refractivity contribution in [1.29, 1.82) is 0 Å². The topological polar surface area (TPSA) is 107 Å². The monoisotopic (exact) mass is 324 g/mol. The molecule has 3 aromatic rings. The average Bonchev–Trinajstić information content (AvgIpc) is 2.89. The summed E-state index contributed by atoms with van der Waals surface area (Å²) in [7, 11) is 0. The highest BCUT2D eigenvalue weighted by molar-refractivity contribution is 6.09. The van der Waals surface area contributed by atoms with Gasteiger partial charge >= 0.3 is 0 Å². The Kier molecular flexibility index (Phi) is 3.05. The van der Waals surface area contributed by atoms with E-state index in [-0.39, 0.29) is 23.9 Å². The second-order valence-corrected chi connectivity index (χ2v) is 5.67. The summed E-state index contributed by atoms with van der Waals surface area (Å²) in [5.41, 5.74) is 1.24. The molecule has 1 N–H and O–H groups in total. The fraction of sp³-hybridized carbons (Fsp3) is 0.188. The van der Waals surface area contributed by atoms with Gasteiger partial charge in [-0.1, -0.05) is 0 Å². The summed E-state index contributed by atoms with van der Waals surface area (Å²) < 4.78 is 1.76. The first kappa shape index (κ1) is 14.3. The number of benzene rings is 1. The number of fused-ring (bicyclic) bond motifs is 3. The number of amides is 2. The summed E-state index contributed by atoms with van der Waals surface area (Å²) in [6, 6.07) is 7.51. The van der Waals surface area contributed by atoms with Crippen molar-refractivity contribution < 1.29 is 14.5 Å². The highest BCUT2D eigenvalue weighted by atomic mass is 16.6. The first-order valence-corrected chi connectivity index (χ1v) is 7.43. The predicted octanol–water partition coefficient (Wildman–Crippen LogP) is 2.08. The zero-order chi connectivity index (χ0) is 16.8. The van der Waals surface area contributed by atoms with Crippen molar-refractivity contribution in [3.8, 4) is 0 Å². The van der Waals surface area contributed by atoms with Gasteiger partial charge < -0.3 is 4.57 Å². The Hall–Kier alpha value is -3.29. The van der Waals surface area contributed by atoms with Crippen LogP contribution in [0.2, 0.25) is 0 Å². The quantitative estimate of drug-likeness (QED) is 0.441. The molecule has 0 spiro atoms. The van der Waals surface area contributed by atoms with Gasteiger partial charge in [0, 0.05) is 35.5 Å². The van der Waals surface area contributed by atoms with E-state index in [1.807, 2.05) is 6.07 Å². The highest BCUT2D eigenvalue weighted by Gasteiger charge is 2.31. The number of nitrogens with one attached hydrogen (secondary N) is 1. The maximum absolute atomic E-state index is 12.3. The van der Waals surface area contributed by atoms with E-state index < -0.39 is 11.0 Å². The molecule has 1 aromatic carbocycles. The molecule has 2 amide bonds. The molecule has 8 nitrogen and oxygen atoms in total. The molecule has 0 saturated carbocycles. The maximum atomic E-state index is 12.3. The summed E-state index contributed by atoms with van der Waals surface area (Å²) in [6.45, 7) is 0. The molecule has 1 aliphatic rings. The summed E-state index contributed by atoms with van der Waals surface area (Å²) in [4.78, 5) is 38.6. The van der Waals surface area contributed by atoms with Crippen molar-refractivity contribution in [3.05, 3.63) is 46.6 Å². The fourth-order valence-electron chi connectivity index (χ4n) is 3.22. The van der Waals surface area contributed by atoms with Crippen molar-refractivity contribution in [1.82, 2.24) is 14.9 Å². The number of carbonyl (C=O) groups is 2. The Morgan fingerprint density at radius 1 is 1.25 bits per heavy atom. The number of non-ortho nitro benzene ring substituents is 1. The number of nitro benzene ring substituents is 1. The Balaban J connectivity index is 2.01. The van der Waals surface area contributed by atoms with E-state index in [1.165, 1.54) is 12.1 Å². The molecule has 0 bridgehead atoms. The van der Waals surface area contributed by atoms with E-state index >= 15 is 0 Å². The van der Waals surface area contributed by atoms with Gasteiger partial charge in [-0.25, -0.2) is 4.98 Å². The number of aromatic nitrogens is 2. The van der Waals surface area contributed by atoms with Gasteiger partial charge in [0.15, 0.2) is 0 Å². The Morgan fingerprint density at radius 2 is 2.08 bits per heavy atom. The van der Waals surface area contributed by atoms with Crippen molar-refractivity contribution in [2.45, 2.75) is 18.9 Å². The molecule has 1 aliphatic heterocycles. The zero-order valence-corrected chi connectivity index (χ0v) is 12.4. The molecule has 2 aromatic heterocycles. The van der Waals surface area contributed by atoms with Crippen molar-refractivity contribution in [3.63, 3.8) is 0 Å². The van der Waals surface area contributed by atoms with Gasteiger partial charge in [0.25, 0.3) is 5.69 Å². The van der Waals surface area contributed by atoms with Crippen LogP contribution in [-0.4, -0.2) is 26.3 Å². The zero-order valence-electron chi connectivity index (χ0n) is 12.4. The molecule has 4 rings (SSSR count). The van der Waals surface area contributed by atoms with Crippen LogP contribution >= 0.6 is 0 Å². The number of piperidine rings is 1. The first-order valence-electron chi connectivity index (χ1n) is 7.43. The number of carbonyl (C=O) groups excluding carboxylic acids is 2. The number of hydrogen-bond donors (Lipinski definition) is 1. The minimum absolute atomic E-state index is 0.0197. The standard InChI is InChI=1S/C16H12N4O4/c21-14-6-5-13(16(22)18-14)19-12-4-3-9(20(23)24)8-11(12)10-2-1-7-17-15(10)19/h1-4,7-8,13H,5-6H2,(H,18,21,22). The van der Waals surface area contributed by atoms with E-state index in [4.69, 9.17) is 0 Å². The lowest BCUT2D eigenvalue weighted by atomic mass is 10.1. The molecule has 1 atom stereocenters. The second kappa shape index (κ2) is 5.12. The Bertz CT molecular complexity index is 1020. The summed E-state index contributed by atoms with van der Waals surface area (Å²) in [6.07, 6.45) is 2.23. The van der Waals surface area contributed by atoms with Crippen LogP contribution in [0, 0.1) is 10.1 Å². The van der Waals surface area contributed by atoms with Crippen molar-refractivity contribution in [2.75, 3.05) is 0 Å². The van der Waals surface area contributed by atoms with Crippen LogP contribution in [-0.2, 0) is 9.59 Å². The van der Waals surface area contributed by atoms with E-state index in [0.717, 1.165) is 5.39 Å².